The molecule has 2 rings (SSSR count). The topological polar surface area (TPSA) is 37.8 Å². The molecule has 84 valence electrons. The monoisotopic (exact) mass is 233 g/mol. The number of hydrogen-bond donors (Lipinski definition) is 1. The Bertz CT molecular complexity index is 448. The fourth-order valence-electron chi connectivity index (χ4n) is 1.40. The fourth-order valence-corrected chi connectivity index (χ4v) is 2.24. The molecule has 0 atom stereocenters. The summed E-state index contributed by atoms with van der Waals surface area (Å²) >= 11 is 1.67. The lowest BCUT2D eigenvalue weighted by Gasteiger charge is -1.95. The van der Waals surface area contributed by atoms with Crippen LogP contribution < -0.4 is 5.32 Å². The van der Waals surface area contributed by atoms with Gasteiger partial charge in [-0.15, -0.1) is 10.2 Å². The van der Waals surface area contributed by atoms with Crippen molar-refractivity contribution in [1.82, 2.24) is 15.5 Å². The van der Waals surface area contributed by atoms with Gasteiger partial charge >= 0.3 is 0 Å². The zero-order chi connectivity index (χ0) is 11.4. The molecule has 0 radical (unpaired) electrons. The molecule has 1 aromatic heterocycles. The number of benzene rings is 1. The van der Waals surface area contributed by atoms with E-state index in [4.69, 9.17) is 0 Å². The van der Waals surface area contributed by atoms with Crippen LogP contribution in [0.5, 0.6) is 0 Å². The van der Waals surface area contributed by atoms with Crippen LogP contribution in [0.4, 0.5) is 0 Å². The van der Waals surface area contributed by atoms with Crippen LogP contribution in [-0.2, 0) is 6.42 Å². The van der Waals surface area contributed by atoms with Crippen molar-refractivity contribution in [2.24, 2.45) is 0 Å². The number of nitrogens with zero attached hydrogens (tertiary/aromatic N) is 2. The Hall–Kier alpha value is -1.26. The standard InChI is InChI=1S/C12H15N3S/c1-9-3-5-10(6-4-9)12-15-14-11(16-12)7-8-13-2/h3-6,13H,7-8H2,1-2H3. The molecule has 1 N–H and O–H groups in total. The summed E-state index contributed by atoms with van der Waals surface area (Å²) in [5.74, 6) is 0. The molecule has 0 unspecified atom stereocenters. The van der Waals surface area contributed by atoms with Crippen molar-refractivity contribution in [3.8, 4) is 10.6 Å². The average molecular weight is 233 g/mol. The Morgan fingerprint density at radius 2 is 1.94 bits per heavy atom. The number of likely N-dealkylation sites (N-methyl/N-ethyl adjacent to an activating group) is 1. The molecular weight excluding hydrogens is 218 g/mol. The normalized spacial score (nSPS) is 10.6. The van der Waals surface area contributed by atoms with Gasteiger partial charge in [-0.2, -0.15) is 0 Å². The van der Waals surface area contributed by atoms with E-state index in [0.717, 1.165) is 28.5 Å². The van der Waals surface area contributed by atoms with E-state index < -0.39 is 0 Å². The Kier molecular flexibility index (Phi) is 3.64. The molecule has 1 heterocycles. The van der Waals surface area contributed by atoms with Crippen molar-refractivity contribution in [1.29, 1.82) is 0 Å². The predicted octanol–water partition coefficient (Wildman–Crippen LogP) is 2.28. The lowest BCUT2D eigenvalue weighted by Crippen LogP contribution is -2.09. The molecular formula is C12H15N3S. The van der Waals surface area contributed by atoms with Crippen molar-refractivity contribution in [3.05, 3.63) is 34.8 Å². The first-order valence-corrected chi connectivity index (χ1v) is 6.15. The third kappa shape index (κ3) is 2.65. The lowest BCUT2D eigenvalue weighted by atomic mass is 10.2. The summed E-state index contributed by atoms with van der Waals surface area (Å²) in [7, 11) is 1.95. The fraction of sp³-hybridized carbons (Fsp3) is 0.333. The molecule has 3 nitrogen and oxygen atoms in total. The molecule has 4 heteroatoms. The largest absolute Gasteiger partial charge is 0.319 e. The molecule has 0 amide bonds. The van der Waals surface area contributed by atoms with E-state index in [1.165, 1.54) is 5.56 Å². The van der Waals surface area contributed by atoms with E-state index >= 15 is 0 Å². The van der Waals surface area contributed by atoms with Gasteiger partial charge in [0.1, 0.15) is 10.0 Å². The van der Waals surface area contributed by atoms with Gasteiger partial charge in [-0.25, -0.2) is 0 Å². The predicted molar refractivity (Wildman–Crippen MR) is 67.7 cm³/mol. The maximum atomic E-state index is 4.21. The highest BCUT2D eigenvalue weighted by Gasteiger charge is 2.05. The molecule has 0 saturated heterocycles. The van der Waals surface area contributed by atoms with Crippen molar-refractivity contribution in [3.63, 3.8) is 0 Å². The molecule has 0 aliphatic heterocycles. The minimum Gasteiger partial charge on any atom is -0.319 e. The van der Waals surface area contributed by atoms with E-state index in [1.54, 1.807) is 11.3 Å². The maximum Gasteiger partial charge on any atom is 0.147 e. The highest BCUT2D eigenvalue weighted by molar-refractivity contribution is 7.14. The van der Waals surface area contributed by atoms with Gasteiger partial charge in [-0.1, -0.05) is 41.2 Å². The van der Waals surface area contributed by atoms with Crippen molar-refractivity contribution >= 4 is 11.3 Å². The van der Waals surface area contributed by atoms with Gasteiger partial charge in [0, 0.05) is 18.5 Å². The summed E-state index contributed by atoms with van der Waals surface area (Å²) in [4.78, 5) is 0. The quantitative estimate of drug-likeness (QED) is 0.880. The molecule has 0 saturated carbocycles. The zero-order valence-corrected chi connectivity index (χ0v) is 10.3. The number of aromatic nitrogens is 2. The Morgan fingerprint density at radius 1 is 1.19 bits per heavy atom. The molecule has 16 heavy (non-hydrogen) atoms. The highest BCUT2D eigenvalue weighted by Crippen LogP contribution is 2.23. The Balaban J connectivity index is 2.15. The summed E-state index contributed by atoms with van der Waals surface area (Å²) in [6.45, 7) is 3.03. The molecule has 0 spiro atoms. The van der Waals surface area contributed by atoms with Gasteiger partial charge in [0.25, 0.3) is 0 Å². The molecule has 0 aliphatic rings. The summed E-state index contributed by atoms with van der Waals surface area (Å²) < 4.78 is 0. The molecule has 1 aromatic carbocycles. The van der Waals surface area contributed by atoms with E-state index in [0.29, 0.717) is 0 Å². The molecule has 2 aromatic rings. The van der Waals surface area contributed by atoms with E-state index in [-0.39, 0.29) is 0 Å². The van der Waals surface area contributed by atoms with E-state index in [2.05, 4.69) is 46.7 Å². The van der Waals surface area contributed by atoms with Crippen LogP contribution in [0.25, 0.3) is 10.6 Å². The van der Waals surface area contributed by atoms with Crippen LogP contribution in [0, 0.1) is 6.92 Å². The maximum absolute atomic E-state index is 4.21. The lowest BCUT2D eigenvalue weighted by molar-refractivity contribution is 0.779. The van der Waals surface area contributed by atoms with Crippen LogP contribution in [0.1, 0.15) is 10.6 Å². The Labute approximate surface area is 99.5 Å². The van der Waals surface area contributed by atoms with Crippen LogP contribution in [-0.4, -0.2) is 23.8 Å². The van der Waals surface area contributed by atoms with Gasteiger partial charge in [-0.3, -0.25) is 0 Å². The first-order chi connectivity index (χ1) is 7.79. The van der Waals surface area contributed by atoms with Crippen molar-refractivity contribution in [2.45, 2.75) is 13.3 Å². The minimum absolute atomic E-state index is 0.944. The van der Waals surface area contributed by atoms with Crippen LogP contribution in [0.2, 0.25) is 0 Å². The van der Waals surface area contributed by atoms with Crippen molar-refractivity contribution < 1.29 is 0 Å². The molecule has 0 fully saturated rings. The second-order valence-electron chi connectivity index (χ2n) is 3.72. The SMILES string of the molecule is CNCCc1nnc(-c2ccc(C)cc2)s1. The summed E-state index contributed by atoms with van der Waals surface area (Å²) in [5, 5.41) is 13.6. The third-order valence-electron chi connectivity index (χ3n) is 2.35. The van der Waals surface area contributed by atoms with Gasteiger partial charge in [0.05, 0.1) is 0 Å². The van der Waals surface area contributed by atoms with Crippen molar-refractivity contribution in [2.75, 3.05) is 13.6 Å². The minimum atomic E-state index is 0.944. The summed E-state index contributed by atoms with van der Waals surface area (Å²) in [6, 6.07) is 8.39. The number of rotatable bonds is 4. The van der Waals surface area contributed by atoms with Gasteiger partial charge < -0.3 is 5.32 Å². The van der Waals surface area contributed by atoms with E-state index in [1.807, 2.05) is 7.05 Å². The van der Waals surface area contributed by atoms with E-state index in [9.17, 15) is 0 Å². The molecule has 0 aliphatic carbocycles. The van der Waals surface area contributed by atoms with Gasteiger partial charge in [0.2, 0.25) is 0 Å². The highest BCUT2D eigenvalue weighted by atomic mass is 32.1. The summed E-state index contributed by atoms with van der Waals surface area (Å²) in [6.07, 6.45) is 0.944. The molecule has 0 bridgehead atoms. The number of hydrogen-bond acceptors (Lipinski definition) is 4. The first kappa shape index (κ1) is 11.2. The van der Waals surface area contributed by atoms with Crippen LogP contribution >= 0.6 is 11.3 Å². The average Bonchev–Trinajstić information content (AvgIpc) is 2.76. The van der Waals surface area contributed by atoms with Crippen LogP contribution in [0.3, 0.4) is 0 Å². The van der Waals surface area contributed by atoms with Gasteiger partial charge in [0.15, 0.2) is 0 Å². The second kappa shape index (κ2) is 5.18. The summed E-state index contributed by atoms with van der Waals surface area (Å²) in [5.41, 5.74) is 2.42. The zero-order valence-electron chi connectivity index (χ0n) is 9.53. The Morgan fingerprint density at radius 3 is 2.62 bits per heavy atom. The van der Waals surface area contributed by atoms with Crippen LogP contribution in [0.15, 0.2) is 24.3 Å². The number of aryl methyl sites for hydroxylation is 1. The first-order valence-electron chi connectivity index (χ1n) is 5.33. The smallest absolute Gasteiger partial charge is 0.147 e. The second-order valence-corrected chi connectivity index (χ2v) is 4.78. The number of nitrogens with one attached hydrogen (secondary N) is 1. The van der Waals surface area contributed by atoms with Gasteiger partial charge in [-0.05, 0) is 14.0 Å². The third-order valence-corrected chi connectivity index (χ3v) is 3.39.